The van der Waals surface area contributed by atoms with Gasteiger partial charge < -0.3 is 10.4 Å². The number of non-ortho nitro benzene ring substituents is 1. The first-order chi connectivity index (χ1) is 14.0. The van der Waals surface area contributed by atoms with Gasteiger partial charge in [0.25, 0.3) is 11.6 Å². The predicted molar refractivity (Wildman–Crippen MR) is 120 cm³/mol. The molecule has 0 fully saturated rings. The van der Waals surface area contributed by atoms with Gasteiger partial charge in [-0.1, -0.05) is 60.5 Å². The number of aromatic hydroxyl groups is 1. The van der Waals surface area contributed by atoms with Crippen molar-refractivity contribution in [3.05, 3.63) is 63.2 Å². The lowest BCUT2D eigenvalue weighted by Gasteiger charge is -2.12. The maximum atomic E-state index is 12.6. The predicted octanol–water partition coefficient (Wildman–Crippen LogP) is 6.51. The number of phenols is 1. The molecule has 0 saturated heterocycles. The molecule has 6 heteroatoms. The number of nitro groups is 1. The zero-order chi connectivity index (χ0) is 22.4. The van der Waals surface area contributed by atoms with Crippen molar-refractivity contribution >= 4 is 17.3 Å². The van der Waals surface area contributed by atoms with Crippen molar-refractivity contribution in [2.24, 2.45) is 0 Å². The summed E-state index contributed by atoms with van der Waals surface area (Å²) in [6.45, 7) is 12.0. The van der Waals surface area contributed by atoms with E-state index in [0.717, 1.165) is 24.8 Å². The topological polar surface area (TPSA) is 92.5 Å². The Hall–Kier alpha value is -2.89. The smallest absolute Gasteiger partial charge is 0.269 e. The highest BCUT2D eigenvalue weighted by Crippen LogP contribution is 2.26. The zero-order valence-electron chi connectivity index (χ0n) is 18.4. The van der Waals surface area contributed by atoms with E-state index < -0.39 is 10.8 Å². The highest BCUT2D eigenvalue weighted by Gasteiger charge is 2.16. The van der Waals surface area contributed by atoms with Gasteiger partial charge in [0.2, 0.25) is 0 Å². The van der Waals surface area contributed by atoms with Crippen molar-refractivity contribution in [1.82, 2.24) is 0 Å². The first-order valence-electron chi connectivity index (χ1n) is 10.4. The highest BCUT2D eigenvalue weighted by molar-refractivity contribution is 6.06. The Morgan fingerprint density at radius 1 is 1.00 bits per heavy atom. The third-order valence-corrected chi connectivity index (χ3v) is 3.91. The minimum Gasteiger partial charge on any atom is -0.507 e. The van der Waals surface area contributed by atoms with Crippen LogP contribution in [-0.4, -0.2) is 15.9 Å². The number of carbonyl (C=O) groups is 1. The maximum Gasteiger partial charge on any atom is 0.269 e. The second-order valence-corrected chi connectivity index (χ2v) is 5.90. The van der Waals surface area contributed by atoms with Crippen LogP contribution in [0, 0.1) is 10.1 Å². The van der Waals surface area contributed by atoms with Gasteiger partial charge in [-0.25, -0.2) is 0 Å². The van der Waals surface area contributed by atoms with Crippen molar-refractivity contribution in [2.75, 3.05) is 5.32 Å². The SMILES string of the molecule is CC.CC.CCCc1ccc(O)c(C(=O)Nc2ccc([N+](=O)[O-])cc2CCC)c1. The molecule has 0 unspecified atom stereocenters. The Labute approximate surface area is 174 Å². The highest BCUT2D eigenvalue weighted by atomic mass is 16.6. The minimum absolute atomic E-state index is 0.00533. The maximum absolute atomic E-state index is 12.6. The van der Waals surface area contributed by atoms with Crippen molar-refractivity contribution in [2.45, 2.75) is 67.2 Å². The summed E-state index contributed by atoms with van der Waals surface area (Å²) in [5.41, 5.74) is 2.40. The van der Waals surface area contributed by atoms with Crippen LogP contribution in [0.25, 0.3) is 0 Å². The summed E-state index contributed by atoms with van der Waals surface area (Å²) in [5.74, 6) is -0.516. The average molecular weight is 403 g/mol. The third-order valence-electron chi connectivity index (χ3n) is 3.91. The summed E-state index contributed by atoms with van der Waals surface area (Å²) in [7, 11) is 0. The Balaban J connectivity index is 0.00000184. The number of nitrogens with zero attached hydrogens (tertiary/aromatic N) is 1. The summed E-state index contributed by atoms with van der Waals surface area (Å²) >= 11 is 0. The van der Waals surface area contributed by atoms with Crippen LogP contribution in [0.5, 0.6) is 5.75 Å². The first-order valence-corrected chi connectivity index (χ1v) is 10.4. The lowest BCUT2D eigenvalue weighted by Crippen LogP contribution is -2.14. The van der Waals surface area contributed by atoms with Crippen LogP contribution >= 0.6 is 0 Å². The summed E-state index contributed by atoms with van der Waals surface area (Å²) in [6.07, 6.45) is 3.16. The van der Waals surface area contributed by atoms with E-state index in [-0.39, 0.29) is 17.0 Å². The van der Waals surface area contributed by atoms with Crippen LogP contribution in [0.1, 0.15) is 75.9 Å². The fraction of sp³-hybridized carbons (Fsp3) is 0.435. The number of carbonyl (C=O) groups excluding carboxylic acids is 1. The van der Waals surface area contributed by atoms with E-state index in [2.05, 4.69) is 5.32 Å². The molecular weight excluding hydrogens is 368 g/mol. The molecule has 29 heavy (non-hydrogen) atoms. The largest absolute Gasteiger partial charge is 0.507 e. The molecule has 6 nitrogen and oxygen atoms in total. The molecule has 160 valence electrons. The van der Waals surface area contributed by atoms with Crippen LogP contribution < -0.4 is 5.32 Å². The van der Waals surface area contributed by atoms with Crippen LogP contribution in [-0.2, 0) is 12.8 Å². The molecule has 2 N–H and O–H groups in total. The summed E-state index contributed by atoms with van der Waals surface area (Å²) in [5, 5.41) is 23.7. The Kier molecular flexibility index (Phi) is 12.7. The summed E-state index contributed by atoms with van der Waals surface area (Å²) in [6, 6.07) is 9.37. The number of rotatable bonds is 7. The molecule has 2 aromatic rings. The first kappa shape index (κ1) is 26.1. The molecule has 0 heterocycles. The van der Waals surface area contributed by atoms with Crippen molar-refractivity contribution in [3.8, 4) is 5.75 Å². The number of amides is 1. The molecule has 0 atom stereocenters. The molecule has 2 aromatic carbocycles. The monoisotopic (exact) mass is 402 g/mol. The lowest BCUT2D eigenvalue weighted by molar-refractivity contribution is -0.384. The fourth-order valence-corrected chi connectivity index (χ4v) is 2.69. The van der Waals surface area contributed by atoms with Gasteiger partial charge in [-0.15, -0.1) is 0 Å². The van der Waals surface area contributed by atoms with Crippen LogP contribution in [0.15, 0.2) is 36.4 Å². The van der Waals surface area contributed by atoms with Gasteiger partial charge in [-0.2, -0.15) is 0 Å². The van der Waals surface area contributed by atoms with Gasteiger partial charge in [-0.05, 0) is 42.2 Å². The molecule has 2 rings (SSSR count). The molecule has 0 aliphatic rings. The number of benzene rings is 2. The lowest BCUT2D eigenvalue weighted by atomic mass is 10.0. The van der Waals surface area contributed by atoms with E-state index >= 15 is 0 Å². The second kappa shape index (κ2) is 14.2. The molecule has 1 amide bonds. The number of aryl methyl sites for hydroxylation is 2. The third kappa shape index (κ3) is 7.94. The van der Waals surface area contributed by atoms with E-state index in [1.807, 2.05) is 41.5 Å². The fourth-order valence-electron chi connectivity index (χ4n) is 2.69. The van der Waals surface area contributed by atoms with Crippen molar-refractivity contribution in [1.29, 1.82) is 0 Å². The van der Waals surface area contributed by atoms with E-state index in [1.165, 1.54) is 24.3 Å². The molecule has 0 spiro atoms. The number of hydrogen-bond donors (Lipinski definition) is 2. The van der Waals surface area contributed by atoms with Gasteiger partial charge in [0.1, 0.15) is 5.75 Å². The molecule has 0 radical (unpaired) electrons. The summed E-state index contributed by atoms with van der Waals surface area (Å²) < 4.78 is 0. The van der Waals surface area contributed by atoms with E-state index in [9.17, 15) is 20.0 Å². The van der Waals surface area contributed by atoms with E-state index in [4.69, 9.17) is 0 Å². The van der Waals surface area contributed by atoms with Crippen LogP contribution in [0.3, 0.4) is 0 Å². The quantitative estimate of drug-likeness (QED) is 0.408. The Morgan fingerprint density at radius 3 is 2.17 bits per heavy atom. The van der Waals surface area contributed by atoms with Gasteiger partial charge in [0, 0.05) is 17.8 Å². The van der Waals surface area contributed by atoms with E-state index in [1.54, 1.807) is 12.1 Å². The molecule has 0 saturated carbocycles. The zero-order valence-corrected chi connectivity index (χ0v) is 18.4. The summed E-state index contributed by atoms with van der Waals surface area (Å²) in [4.78, 5) is 23.0. The van der Waals surface area contributed by atoms with Gasteiger partial charge in [0.15, 0.2) is 0 Å². The van der Waals surface area contributed by atoms with Crippen LogP contribution in [0.4, 0.5) is 11.4 Å². The normalized spacial score (nSPS) is 9.45. The number of nitrogens with one attached hydrogen (secondary N) is 1. The number of phenolic OH excluding ortho intramolecular Hbond substituents is 1. The number of nitro benzene ring substituents is 1. The molecule has 0 aliphatic heterocycles. The average Bonchev–Trinajstić information content (AvgIpc) is 2.73. The number of hydrogen-bond acceptors (Lipinski definition) is 4. The van der Waals surface area contributed by atoms with Crippen molar-refractivity contribution in [3.63, 3.8) is 0 Å². The molecule has 0 aromatic heterocycles. The minimum atomic E-state index is -0.454. The van der Waals surface area contributed by atoms with Crippen molar-refractivity contribution < 1.29 is 14.8 Å². The van der Waals surface area contributed by atoms with Gasteiger partial charge >= 0.3 is 0 Å². The van der Waals surface area contributed by atoms with Crippen LogP contribution in [0.2, 0.25) is 0 Å². The standard InChI is InChI=1S/C19H22N2O4.2C2H6/c1-3-5-13-7-10-18(22)16(11-13)19(23)20-17-9-8-15(21(24)25)12-14(17)6-4-2;2*1-2/h7-12,22H,3-6H2,1-2H3,(H,20,23);2*1-2H3. The number of anilines is 1. The Morgan fingerprint density at radius 2 is 1.62 bits per heavy atom. The van der Waals surface area contributed by atoms with E-state index in [0.29, 0.717) is 17.7 Å². The Bertz CT molecular complexity index is 788. The molecular formula is C23H34N2O4. The second-order valence-electron chi connectivity index (χ2n) is 5.90. The van der Waals surface area contributed by atoms with Gasteiger partial charge in [0.05, 0.1) is 10.5 Å². The molecule has 0 bridgehead atoms. The van der Waals surface area contributed by atoms with Gasteiger partial charge in [-0.3, -0.25) is 14.9 Å². The molecule has 0 aliphatic carbocycles.